The molecule has 1 fully saturated rings. The summed E-state index contributed by atoms with van der Waals surface area (Å²) in [5.41, 5.74) is -0.122. The SMILES string of the molecule is COC(=O)C1OC1(C)CC(C)(C)C. The fourth-order valence-corrected chi connectivity index (χ4v) is 1.83. The molecule has 1 aliphatic rings. The highest BCUT2D eigenvalue weighted by Gasteiger charge is 2.58. The number of hydrogen-bond donors (Lipinski definition) is 0. The van der Waals surface area contributed by atoms with E-state index in [1.54, 1.807) is 0 Å². The molecule has 1 rings (SSSR count). The van der Waals surface area contributed by atoms with Gasteiger partial charge in [-0.05, 0) is 18.8 Å². The molecule has 0 bridgehead atoms. The standard InChI is InChI=1S/C10H18O3/c1-9(2,3)6-10(4)7(13-10)8(11)12-5/h7H,6H2,1-5H3. The van der Waals surface area contributed by atoms with Gasteiger partial charge >= 0.3 is 5.97 Å². The summed E-state index contributed by atoms with van der Waals surface area (Å²) >= 11 is 0. The molecule has 0 spiro atoms. The second-order valence-electron chi connectivity index (χ2n) is 5.07. The normalized spacial score (nSPS) is 32.8. The minimum Gasteiger partial charge on any atom is -0.467 e. The van der Waals surface area contributed by atoms with Crippen molar-refractivity contribution in [3.8, 4) is 0 Å². The predicted molar refractivity (Wildman–Crippen MR) is 49.4 cm³/mol. The Morgan fingerprint density at radius 2 is 2.08 bits per heavy atom. The fourth-order valence-electron chi connectivity index (χ4n) is 1.83. The molecule has 0 aromatic heterocycles. The molecule has 1 aliphatic heterocycles. The van der Waals surface area contributed by atoms with Crippen LogP contribution in [0.15, 0.2) is 0 Å². The summed E-state index contributed by atoms with van der Waals surface area (Å²) in [5.74, 6) is -0.258. The van der Waals surface area contributed by atoms with Crippen LogP contribution in [0.1, 0.15) is 34.1 Å². The minimum atomic E-state index is -0.350. The molecule has 0 saturated carbocycles. The molecule has 0 aliphatic carbocycles. The summed E-state index contributed by atoms with van der Waals surface area (Å²) in [5, 5.41) is 0. The highest BCUT2D eigenvalue weighted by molar-refractivity contribution is 5.79. The summed E-state index contributed by atoms with van der Waals surface area (Å²) in [4.78, 5) is 11.1. The van der Waals surface area contributed by atoms with E-state index < -0.39 is 0 Å². The number of hydrogen-bond acceptors (Lipinski definition) is 3. The van der Waals surface area contributed by atoms with E-state index in [2.05, 4.69) is 25.5 Å². The minimum absolute atomic E-state index is 0.178. The van der Waals surface area contributed by atoms with E-state index in [0.29, 0.717) is 0 Å². The quantitative estimate of drug-likeness (QED) is 0.487. The van der Waals surface area contributed by atoms with Crippen molar-refractivity contribution in [1.29, 1.82) is 0 Å². The Hall–Kier alpha value is -0.570. The van der Waals surface area contributed by atoms with Gasteiger partial charge in [0.15, 0.2) is 6.10 Å². The van der Waals surface area contributed by atoms with Gasteiger partial charge in [-0.25, -0.2) is 4.79 Å². The molecule has 2 atom stereocenters. The van der Waals surface area contributed by atoms with Gasteiger partial charge in [0, 0.05) is 0 Å². The molecule has 0 aromatic carbocycles. The zero-order valence-corrected chi connectivity index (χ0v) is 9.01. The third-order valence-electron chi connectivity index (χ3n) is 2.18. The Morgan fingerprint density at radius 3 is 2.46 bits per heavy atom. The Bertz CT molecular complexity index is 217. The second kappa shape index (κ2) is 2.98. The lowest BCUT2D eigenvalue weighted by Crippen LogP contribution is -2.24. The number of epoxide rings is 1. The van der Waals surface area contributed by atoms with E-state index in [0.717, 1.165) is 6.42 Å². The van der Waals surface area contributed by atoms with Crippen LogP contribution < -0.4 is 0 Å². The molecule has 1 saturated heterocycles. The molecule has 0 amide bonds. The van der Waals surface area contributed by atoms with Gasteiger partial charge in [-0.1, -0.05) is 20.8 Å². The van der Waals surface area contributed by atoms with Crippen molar-refractivity contribution in [2.24, 2.45) is 5.41 Å². The van der Waals surface area contributed by atoms with Gasteiger partial charge in [0.05, 0.1) is 7.11 Å². The van der Waals surface area contributed by atoms with Crippen LogP contribution in [0.2, 0.25) is 0 Å². The van der Waals surface area contributed by atoms with Crippen molar-refractivity contribution in [2.45, 2.75) is 45.8 Å². The molecule has 76 valence electrons. The van der Waals surface area contributed by atoms with Crippen molar-refractivity contribution in [3.63, 3.8) is 0 Å². The average molecular weight is 186 g/mol. The van der Waals surface area contributed by atoms with Crippen LogP contribution in [0.3, 0.4) is 0 Å². The lowest BCUT2D eigenvalue weighted by molar-refractivity contribution is -0.142. The molecular formula is C10H18O3. The number of rotatable bonds is 2. The number of carbonyl (C=O) groups is 1. The summed E-state index contributed by atoms with van der Waals surface area (Å²) in [6.45, 7) is 8.36. The molecule has 0 radical (unpaired) electrons. The first-order valence-corrected chi connectivity index (χ1v) is 4.54. The van der Waals surface area contributed by atoms with Crippen molar-refractivity contribution in [3.05, 3.63) is 0 Å². The zero-order chi connectivity index (χ0) is 10.3. The molecule has 1 heterocycles. The van der Waals surface area contributed by atoms with Gasteiger partial charge in [0.1, 0.15) is 5.60 Å². The number of ether oxygens (including phenoxy) is 2. The van der Waals surface area contributed by atoms with Gasteiger partial charge in [-0.15, -0.1) is 0 Å². The van der Waals surface area contributed by atoms with Crippen molar-refractivity contribution in [2.75, 3.05) is 7.11 Å². The maximum absolute atomic E-state index is 11.1. The van der Waals surface area contributed by atoms with Gasteiger partial charge in [0.25, 0.3) is 0 Å². The molecule has 3 heteroatoms. The third kappa shape index (κ3) is 2.44. The van der Waals surface area contributed by atoms with Crippen LogP contribution in [0.4, 0.5) is 0 Å². The summed E-state index contributed by atoms with van der Waals surface area (Å²) in [6, 6.07) is 0. The maximum atomic E-state index is 11.1. The number of carbonyl (C=O) groups excluding carboxylic acids is 1. The first kappa shape index (κ1) is 10.5. The summed E-state index contributed by atoms with van der Waals surface area (Å²) in [7, 11) is 1.39. The lowest BCUT2D eigenvalue weighted by atomic mass is 9.84. The van der Waals surface area contributed by atoms with E-state index in [1.807, 2.05) is 6.92 Å². The van der Waals surface area contributed by atoms with E-state index in [-0.39, 0.29) is 23.1 Å². The lowest BCUT2D eigenvalue weighted by Gasteiger charge is -2.20. The highest BCUT2D eigenvalue weighted by Crippen LogP contribution is 2.45. The summed E-state index contributed by atoms with van der Waals surface area (Å²) < 4.78 is 9.98. The zero-order valence-electron chi connectivity index (χ0n) is 9.01. The van der Waals surface area contributed by atoms with Crippen LogP contribution >= 0.6 is 0 Å². The Morgan fingerprint density at radius 1 is 1.54 bits per heavy atom. The Kier molecular flexibility index (Phi) is 2.41. The first-order chi connectivity index (χ1) is 5.78. The van der Waals surface area contributed by atoms with Crippen LogP contribution in [-0.2, 0) is 14.3 Å². The smallest absolute Gasteiger partial charge is 0.338 e. The first-order valence-electron chi connectivity index (χ1n) is 4.54. The maximum Gasteiger partial charge on any atom is 0.338 e. The summed E-state index contributed by atoms with van der Waals surface area (Å²) in [6.07, 6.45) is 0.525. The monoisotopic (exact) mass is 186 g/mol. The van der Waals surface area contributed by atoms with Gasteiger partial charge in [0.2, 0.25) is 0 Å². The Labute approximate surface area is 79.4 Å². The Balaban J connectivity index is 2.50. The third-order valence-corrected chi connectivity index (χ3v) is 2.18. The second-order valence-corrected chi connectivity index (χ2v) is 5.07. The van der Waals surface area contributed by atoms with Gasteiger partial charge in [-0.2, -0.15) is 0 Å². The number of methoxy groups -OCH3 is 1. The van der Waals surface area contributed by atoms with Crippen LogP contribution in [-0.4, -0.2) is 24.8 Å². The van der Waals surface area contributed by atoms with Crippen molar-refractivity contribution < 1.29 is 14.3 Å². The van der Waals surface area contributed by atoms with Gasteiger partial charge in [-0.3, -0.25) is 0 Å². The topological polar surface area (TPSA) is 38.8 Å². The molecule has 0 aromatic rings. The van der Waals surface area contributed by atoms with Crippen molar-refractivity contribution >= 4 is 5.97 Å². The van der Waals surface area contributed by atoms with E-state index >= 15 is 0 Å². The highest BCUT2D eigenvalue weighted by atomic mass is 16.6. The van der Waals surface area contributed by atoms with Gasteiger partial charge < -0.3 is 9.47 Å². The molecule has 0 N–H and O–H groups in total. The van der Waals surface area contributed by atoms with Crippen LogP contribution in [0, 0.1) is 5.41 Å². The van der Waals surface area contributed by atoms with E-state index in [9.17, 15) is 4.79 Å². The van der Waals surface area contributed by atoms with Crippen molar-refractivity contribution in [1.82, 2.24) is 0 Å². The average Bonchev–Trinajstić information content (AvgIpc) is 2.56. The van der Waals surface area contributed by atoms with Crippen LogP contribution in [0.25, 0.3) is 0 Å². The molecule has 13 heavy (non-hydrogen) atoms. The fraction of sp³-hybridized carbons (Fsp3) is 0.900. The number of esters is 1. The largest absolute Gasteiger partial charge is 0.467 e. The van der Waals surface area contributed by atoms with E-state index in [1.165, 1.54) is 7.11 Å². The predicted octanol–water partition coefficient (Wildman–Crippen LogP) is 1.75. The molecule has 3 nitrogen and oxygen atoms in total. The molecular weight excluding hydrogens is 168 g/mol. The molecule has 2 unspecified atom stereocenters. The van der Waals surface area contributed by atoms with Crippen LogP contribution in [0.5, 0.6) is 0 Å². The van der Waals surface area contributed by atoms with E-state index in [4.69, 9.17) is 4.74 Å².